The molecule has 1 saturated carbocycles. The second-order valence-corrected chi connectivity index (χ2v) is 8.46. The van der Waals surface area contributed by atoms with Crippen molar-refractivity contribution in [1.82, 2.24) is 0 Å². The first-order valence-corrected chi connectivity index (χ1v) is 10.8. The second kappa shape index (κ2) is 6.60. The van der Waals surface area contributed by atoms with Crippen LogP contribution in [0.15, 0.2) is 69.9 Å². The van der Waals surface area contributed by atoms with Crippen LogP contribution in [0.25, 0.3) is 43.8 Å². The summed E-state index contributed by atoms with van der Waals surface area (Å²) in [5.41, 5.74) is 2.95. The van der Waals surface area contributed by atoms with Crippen LogP contribution >= 0.6 is 0 Å². The largest absolute Gasteiger partial charge is 0.507 e. The Kier molecular flexibility index (Phi) is 3.85. The lowest BCUT2D eigenvalue weighted by Gasteiger charge is -2.27. The van der Waals surface area contributed by atoms with Gasteiger partial charge in [-0.25, -0.2) is 0 Å². The molecule has 6 rings (SSSR count). The lowest BCUT2D eigenvalue weighted by Crippen LogP contribution is -2.10. The van der Waals surface area contributed by atoms with Crippen LogP contribution in [0.5, 0.6) is 5.75 Å². The summed E-state index contributed by atoms with van der Waals surface area (Å²) in [5.74, 6) is 1.23. The number of benzene rings is 4. The Morgan fingerprint density at radius 3 is 2.23 bits per heavy atom. The van der Waals surface area contributed by atoms with E-state index in [4.69, 9.17) is 4.42 Å². The van der Waals surface area contributed by atoms with Crippen molar-refractivity contribution in [3.05, 3.63) is 76.5 Å². The highest BCUT2D eigenvalue weighted by molar-refractivity contribution is 6.14. The molecule has 0 bridgehead atoms. The summed E-state index contributed by atoms with van der Waals surface area (Å²) in [6.45, 7) is 0. The summed E-state index contributed by atoms with van der Waals surface area (Å²) >= 11 is 0. The van der Waals surface area contributed by atoms with Crippen LogP contribution in [-0.4, -0.2) is 5.11 Å². The Morgan fingerprint density at radius 1 is 0.800 bits per heavy atom. The van der Waals surface area contributed by atoms with E-state index in [0.717, 1.165) is 45.3 Å². The maximum absolute atomic E-state index is 12.8. The number of phenolic OH excluding ortho intramolecular Hbond substituents is 1. The quantitative estimate of drug-likeness (QED) is 0.247. The fourth-order valence-corrected chi connectivity index (χ4v) is 5.41. The van der Waals surface area contributed by atoms with E-state index >= 15 is 0 Å². The summed E-state index contributed by atoms with van der Waals surface area (Å²) < 4.78 is 6.30. The average molecular weight is 394 g/mol. The molecule has 2 aliphatic carbocycles. The number of phenols is 1. The van der Waals surface area contributed by atoms with Gasteiger partial charge in [-0.3, -0.25) is 4.79 Å². The van der Waals surface area contributed by atoms with Crippen LogP contribution in [-0.2, 0) is 0 Å². The number of rotatable bonds is 1. The van der Waals surface area contributed by atoms with Gasteiger partial charge in [0.2, 0.25) is 0 Å². The van der Waals surface area contributed by atoms with Gasteiger partial charge in [-0.2, -0.15) is 0 Å². The number of aromatic hydroxyl groups is 1. The predicted molar refractivity (Wildman–Crippen MR) is 122 cm³/mol. The Labute approximate surface area is 173 Å². The zero-order valence-corrected chi connectivity index (χ0v) is 16.7. The van der Waals surface area contributed by atoms with E-state index in [0.29, 0.717) is 17.3 Å². The van der Waals surface area contributed by atoms with Crippen molar-refractivity contribution in [3.8, 4) is 17.1 Å². The Morgan fingerprint density at radius 2 is 1.47 bits per heavy atom. The fourth-order valence-electron chi connectivity index (χ4n) is 5.41. The number of fused-ring (bicyclic) bond motifs is 6. The van der Waals surface area contributed by atoms with Crippen molar-refractivity contribution >= 4 is 32.5 Å². The molecule has 1 N–H and O–H groups in total. The zero-order chi connectivity index (χ0) is 20.2. The summed E-state index contributed by atoms with van der Waals surface area (Å²) in [5, 5.41) is 15.3. The first-order chi connectivity index (χ1) is 14.7. The molecule has 3 nitrogen and oxygen atoms in total. The molecule has 0 unspecified atom stereocenters. The summed E-state index contributed by atoms with van der Waals surface area (Å²) in [6, 6.07) is 19.2. The van der Waals surface area contributed by atoms with Crippen molar-refractivity contribution < 1.29 is 9.52 Å². The smallest absolute Gasteiger partial charge is 0.190 e. The normalized spacial score (nSPS) is 15.5. The molecule has 0 atom stereocenters. The highest BCUT2D eigenvalue weighted by atomic mass is 16.3. The molecule has 0 amide bonds. The van der Waals surface area contributed by atoms with Crippen LogP contribution in [0.2, 0.25) is 0 Å². The minimum absolute atomic E-state index is 0.0270. The molecular formula is C27H22O3. The molecule has 1 aliphatic heterocycles. The van der Waals surface area contributed by atoms with Gasteiger partial charge in [0.15, 0.2) is 5.43 Å². The maximum Gasteiger partial charge on any atom is 0.190 e. The molecule has 30 heavy (non-hydrogen) atoms. The van der Waals surface area contributed by atoms with Crippen LogP contribution < -0.4 is 5.43 Å². The van der Waals surface area contributed by atoms with E-state index in [9.17, 15) is 9.90 Å². The molecule has 3 heteroatoms. The maximum atomic E-state index is 12.8. The third kappa shape index (κ3) is 2.48. The van der Waals surface area contributed by atoms with Gasteiger partial charge >= 0.3 is 0 Å². The summed E-state index contributed by atoms with van der Waals surface area (Å²) in [7, 11) is 0. The highest BCUT2D eigenvalue weighted by Crippen LogP contribution is 2.48. The van der Waals surface area contributed by atoms with Gasteiger partial charge in [0.25, 0.3) is 0 Å². The minimum atomic E-state index is -0.0270. The van der Waals surface area contributed by atoms with E-state index in [1.165, 1.54) is 24.8 Å². The SMILES string of the molecule is O=c1cc2oc3cc(O)c4ccccc4c3c(C3CCCCC3)c-2c2ccccc12. The van der Waals surface area contributed by atoms with Crippen molar-refractivity contribution in [2.75, 3.05) is 0 Å². The predicted octanol–water partition coefficient (Wildman–Crippen LogP) is 6.96. The monoisotopic (exact) mass is 394 g/mol. The third-order valence-electron chi connectivity index (χ3n) is 6.73. The third-order valence-corrected chi connectivity index (χ3v) is 6.73. The average Bonchev–Trinajstić information content (AvgIpc) is 2.79. The van der Waals surface area contributed by atoms with Gasteiger partial charge < -0.3 is 9.52 Å². The minimum Gasteiger partial charge on any atom is -0.507 e. The van der Waals surface area contributed by atoms with Crippen LogP contribution in [0.1, 0.15) is 43.6 Å². The molecule has 0 saturated heterocycles. The first-order valence-electron chi connectivity index (χ1n) is 10.8. The molecule has 3 aromatic rings. The first kappa shape index (κ1) is 17.5. The van der Waals surface area contributed by atoms with E-state index in [-0.39, 0.29) is 11.2 Å². The molecule has 3 aromatic carbocycles. The standard InChI is InChI=1S/C27H22O3/c28-21-14-23-26(19-12-6-4-10-17(19)21)25(16-8-2-1-3-9-16)27-20-13-7-5-11-18(20)22(29)15-24(27)30-23/h4-7,10-16,28H,1-3,8-9H2. The fraction of sp³-hybridized carbons (Fsp3) is 0.222. The van der Waals surface area contributed by atoms with Gasteiger partial charge in [0.1, 0.15) is 17.1 Å². The van der Waals surface area contributed by atoms with Crippen molar-refractivity contribution in [1.29, 1.82) is 0 Å². The van der Waals surface area contributed by atoms with E-state index < -0.39 is 0 Å². The van der Waals surface area contributed by atoms with E-state index in [1.54, 1.807) is 12.1 Å². The van der Waals surface area contributed by atoms with Gasteiger partial charge in [-0.05, 0) is 35.1 Å². The van der Waals surface area contributed by atoms with Gasteiger partial charge in [-0.15, -0.1) is 0 Å². The Bertz CT molecular complexity index is 1450. The van der Waals surface area contributed by atoms with Crippen LogP contribution in [0.4, 0.5) is 0 Å². The van der Waals surface area contributed by atoms with Crippen LogP contribution in [0.3, 0.4) is 0 Å². The Hall–Kier alpha value is -3.33. The molecule has 1 heterocycles. The van der Waals surface area contributed by atoms with Crippen molar-refractivity contribution in [2.45, 2.75) is 38.0 Å². The van der Waals surface area contributed by atoms with Gasteiger partial charge in [0.05, 0.1) is 0 Å². The molecule has 0 radical (unpaired) electrons. The van der Waals surface area contributed by atoms with Gasteiger partial charge in [-0.1, -0.05) is 67.8 Å². The Balaban J connectivity index is 1.90. The lowest BCUT2D eigenvalue weighted by molar-refractivity contribution is 0.444. The second-order valence-electron chi connectivity index (χ2n) is 8.46. The van der Waals surface area contributed by atoms with Crippen molar-refractivity contribution in [2.24, 2.45) is 0 Å². The highest BCUT2D eigenvalue weighted by Gasteiger charge is 2.28. The molecule has 3 aliphatic rings. The van der Waals surface area contributed by atoms with Crippen molar-refractivity contribution in [3.63, 3.8) is 0 Å². The lowest BCUT2D eigenvalue weighted by atomic mass is 9.78. The van der Waals surface area contributed by atoms with Crippen LogP contribution in [0, 0.1) is 0 Å². The van der Waals surface area contributed by atoms with E-state index in [2.05, 4.69) is 6.07 Å². The number of hydrogen-bond donors (Lipinski definition) is 1. The molecule has 1 fully saturated rings. The summed E-state index contributed by atoms with van der Waals surface area (Å²) in [6.07, 6.45) is 5.98. The molecule has 0 spiro atoms. The summed E-state index contributed by atoms with van der Waals surface area (Å²) in [4.78, 5) is 12.8. The topological polar surface area (TPSA) is 50.4 Å². The van der Waals surface area contributed by atoms with E-state index in [1.807, 2.05) is 42.5 Å². The molecule has 0 aromatic heterocycles. The van der Waals surface area contributed by atoms with Gasteiger partial charge in [0, 0.05) is 33.9 Å². The number of hydrogen-bond acceptors (Lipinski definition) is 3. The zero-order valence-electron chi connectivity index (χ0n) is 16.7. The molecular weight excluding hydrogens is 372 g/mol. The molecule has 148 valence electrons.